The zero-order valence-electron chi connectivity index (χ0n) is 11.4. The van der Waals surface area contributed by atoms with Crippen LogP contribution in [0.3, 0.4) is 0 Å². The number of carbonyl (C=O) groups is 2. The summed E-state index contributed by atoms with van der Waals surface area (Å²) in [6, 6.07) is 4.93. The van der Waals surface area contributed by atoms with E-state index in [1.165, 1.54) is 6.07 Å². The van der Waals surface area contributed by atoms with E-state index in [0.29, 0.717) is 12.2 Å². The van der Waals surface area contributed by atoms with Gasteiger partial charge in [-0.3, -0.25) is 9.69 Å². The molecule has 104 valence electrons. The van der Waals surface area contributed by atoms with Crippen LogP contribution in [0.15, 0.2) is 18.2 Å². The fourth-order valence-electron chi connectivity index (χ4n) is 1.63. The fourth-order valence-corrected chi connectivity index (χ4v) is 1.63. The largest absolute Gasteiger partial charge is 0.477 e. The van der Waals surface area contributed by atoms with Gasteiger partial charge < -0.3 is 10.4 Å². The van der Waals surface area contributed by atoms with E-state index in [9.17, 15) is 9.59 Å². The number of rotatable bonds is 6. The number of aromatic carboxylic acids is 1. The summed E-state index contributed by atoms with van der Waals surface area (Å²) in [5.74, 6) is -1.12. The van der Waals surface area contributed by atoms with E-state index in [4.69, 9.17) is 5.11 Å². The van der Waals surface area contributed by atoms with Gasteiger partial charge in [-0.05, 0) is 33.0 Å². The molecule has 0 aliphatic heterocycles. The average Bonchev–Trinajstić information content (AvgIpc) is 2.27. The molecule has 19 heavy (non-hydrogen) atoms. The number of carbonyl (C=O) groups excluding carboxylic acids is 1. The molecule has 1 amide bonds. The molecule has 0 radical (unpaired) electrons. The molecule has 2 N–H and O–H groups in total. The van der Waals surface area contributed by atoms with Crippen molar-refractivity contribution < 1.29 is 14.7 Å². The second kappa shape index (κ2) is 6.84. The Labute approximate surface area is 112 Å². The maximum atomic E-state index is 11.6. The highest BCUT2D eigenvalue weighted by atomic mass is 16.4. The van der Waals surface area contributed by atoms with Gasteiger partial charge in [0.25, 0.3) is 0 Å². The van der Waals surface area contributed by atoms with Crippen LogP contribution in [0.5, 0.6) is 0 Å². The van der Waals surface area contributed by atoms with Gasteiger partial charge >= 0.3 is 5.97 Å². The van der Waals surface area contributed by atoms with E-state index < -0.39 is 5.97 Å². The van der Waals surface area contributed by atoms with Crippen molar-refractivity contribution in [2.24, 2.45) is 0 Å². The van der Waals surface area contributed by atoms with E-state index in [1.807, 2.05) is 13.8 Å². The molecule has 0 aliphatic rings. The lowest BCUT2D eigenvalue weighted by molar-refractivity contribution is -0.122. The summed E-state index contributed by atoms with van der Waals surface area (Å²) in [6.07, 6.45) is 0. The number of hydrogen-bond acceptors (Lipinski definition) is 4. The average molecular weight is 265 g/mol. The number of hydrogen-bond donors (Lipinski definition) is 2. The number of nitrogens with zero attached hydrogens (tertiary/aromatic N) is 2. The molecule has 0 fully saturated rings. The second-order valence-corrected chi connectivity index (χ2v) is 4.71. The predicted molar refractivity (Wildman–Crippen MR) is 70.8 cm³/mol. The third-order valence-electron chi connectivity index (χ3n) is 2.32. The van der Waals surface area contributed by atoms with E-state index in [-0.39, 0.29) is 24.2 Å². The van der Waals surface area contributed by atoms with Crippen LogP contribution in [0.1, 0.15) is 30.0 Å². The van der Waals surface area contributed by atoms with E-state index in [1.54, 1.807) is 24.1 Å². The smallest absolute Gasteiger partial charge is 0.354 e. The molecule has 6 nitrogen and oxygen atoms in total. The van der Waals surface area contributed by atoms with Gasteiger partial charge in [0, 0.05) is 12.6 Å². The van der Waals surface area contributed by atoms with Crippen LogP contribution in [0.2, 0.25) is 0 Å². The Hall–Kier alpha value is -1.95. The van der Waals surface area contributed by atoms with Crippen LogP contribution in [0.25, 0.3) is 0 Å². The lowest BCUT2D eigenvalue weighted by atomic mass is 10.3. The van der Waals surface area contributed by atoms with Crippen molar-refractivity contribution in [3.8, 4) is 0 Å². The molecule has 0 saturated carbocycles. The lowest BCUT2D eigenvalue weighted by Gasteiger charge is -2.17. The van der Waals surface area contributed by atoms with Gasteiger partial charge in [-0.15, -0.1) is 0 Å². The Morgan fingerprint density at radius 2 is 2.11 bits per heavy atom. The molecular weight excluding hydrogens is 246 g/mol. The molecule has 0 aliphatic carbocycles. The topological polar surface area (TPSA) is 82.5 Å². The Balaban J connectivity index is 2.57. The molecule has 0 saturated heterocycles. The standard InChI is InChI=1S/C13H19N3O3/c1-9(2)14-12(17)8-16(3)7-10-5-4-6-11(15-10)13(18)19/h4-6,9H,7-8H2,1-3H3,(H,14,17)(H,18,19). The zero-order chi connectivity index (χ0) is 14.4. The highest BCUT2D eigenvalue weighted by Gasteiger charge is 2.10. The van der Waals surface area contributed by atoms with Crippen molar-refractivity contribution in [2.45, 2.75) is 26.4 Å². The number of amides is 1. The van der Waals surface area contributed by atoms with Crippen LogP contribution in [0.4, 0.5) is 0 Å². The first-order valence-electron chi connectivity index (χ1n) is 6.05. The number of carboxylic acids is 1. The molecule has 0 aromatic carbocycles. The summed E-state index contributed by atoms with van der Waals surface area (Å²) in [5, 5.41) is 11.6. The predicted octanol–water partition coefficient (Wildman–Crippen LogP) is 0.736. The maximum absolute atomic E-state index is 11.6. The van der Waals surface area contributed by atoms with Crippen molar-refractivity contribution in [3.05, 3.63) is 29.6 Å². The van der Waals surface area contributed by atoms with Crippen LogP contribution in [0, 0.1) is 0 Å². The molecule has 1 heterocycles. The fraction of sp³-hybridized carbons (Fsp3) is 0.462. The minimum absolute atomic E-state index is 0.0116. The summed E-state index contributed by atoms with van der Waals surface area (Å²) in [4.78, 5) is 28.2. The normalized spacial score (nSPS) is 10.8. The summed E-state index contributed by atoms with van der Waals surface area (Å²) in [5.41, 5.74) is 0.636. The Morgan fingerprint density at radius 3 is 2.68 bits per heavy atom. The first-order valence-corrected chi connectivity index (χ1v) is 6.05. The maximum Gasteiger partial charge on any atom is 0.354 e. The van der Waals surface area contributed by atoms with E-state index in [2.05, 4.69) is 10.3 Å². The minimum atomic E-state index is -1.05. The minimum Gasteiger partial charge on any atom is -0.477 e. The quantitative estimate of drug-likeness (QED) is 0.792. The Bertz CT molecular complexity index is 460. The Kier molecular flexibility index (Phi) is 5.44. The van der Waals surface area contributed by atoms with Gasteiger partial charge in [0.05, 0.1) is 12.2 Å². The van der Waals surface area contributed by atoms with Crippen molar-refractivity contribution in [3.63, 3.8) is 0 Å². The summed E-state index contributed by atoms with van der Waals surface area (Å²) in [6.45, 7) is 4.47. The number of carboxylic acid groups (broad SMARTS) is 1. The highest BCUT2D eigenvalue weighted by Crippen LogP contribution is 2.02. The van der Waals surface area contributed by atoms with Crippen LogP contribution in [-0.4, -0.2) is 46.5 Å². The first-order chi connectivity index (χ1) is 8.88. The lowest BCUT2D eigenvalue weighted by Crippen LogP contribution is -2.38. The van der Waals surface area contributed by atoms with Crippen LogP contribution < -0.4 is 5.32 Å². The van der Waals surface area contributed by atoms with Gasteiger partial charge in [-0.1, -0.05) is 6.07 Å². The third kappa shape index (κ3) is 5.48. The summed E-state index contributed by atoms with van der Waals surface area (Å²) < 4.78 is 0. The monoisotopic (exact) mass is 265 g/mol. The molecule has 0 spiro atoms. The van der Waals surface area contributed by atoms with Gasteiger partial charge in [0.1, 0.15) is 5.69 Å². The Morgan fingerprint density at radius 1 is 1.42 bits per heavy atom. The van der Waals surface area contributed by atoms with Crippen molar-refractivity contribution in [2.75, 3.05) is 13.6 Å². The summed E-state index contributed by atoms with van der Waals surface area (Å²) >= 11 is 0. The molecular formula is C13H19N3O3. The van der Waals surface area contributed by atoms with E-state index >= 15 is 0 Å². The van der Waals surface area contributed by atoms with Gasteiger partial charge in [0.2, 0.25) is 5.91 Å². The van der Waals surface area contributed by atoms with Crippen molar-refractivity contribution >= 4 is 11.9 Å². The molecule has 1 aromatic heterocycles. The molecule has 0 bridgehead atoms. The molecule has 1 aromatic rings. The van der Waals surface area contributed by atoms with Gasteiger partial charge in [-0.2, -0.15) is 0 Å². The SMILES string of the molecule is CC(C)NC(=O)CN(C)Cc1cccc(C(=O)O)n1. The molecule has 0 unspecified atom stereocenters. The summed E-state index contributed by atoms with van der Waals surface area (Å²) in [7, 11) is 1.79. The molecule has 6 heteroatoms. The van der Waals surface area contributed by atoms with E-state index in [0.717, 1.165) is 0 Å². The highest BCUT2D eigenvalue weighted by molar-refractivity contribution is 5.85. The zero-order valence-corrected chi connectivity index (χ0v) is 11.4. The number of likely N-dealkylation sites (N-methyl/N-ethyl adjacent to an activating group) is 1. The first kappa shape index (κ1) is 15.1. The van der Waals surface area contributed by atoms with Crippen molar-refractivity contribution in [1.82, 2.24) is 15.2 Å². The van der Waals surface area contributed by atoms with Gasteiger partial charge in [-0.25, -0.2) is 9.78 Å². The van der Waals surface area contributed by atoms with Crippen LogP contribution >= 0.6 is 0 Å². The van der Waals surface area contributed by atoms with Crippen LogP contribution in [-0.2, 0) is 11.3 Å². The number of aromatic nitrogens is 1. The number of nitrogens with one attached hydrogen (secondary N) is 1. The van der Waals surface area contributed by atoms with Gasteiger partial charge in [0.15, 0.2) is 0 Å². The number of pyridine rings is 1. The molecule has 1 rings (SSSR count). The van der Waals surface area contributed by atoms with Crippen molar-refractivity contribution in [1.29, 1.82) is 0 Å². The third-order valence-corrected chi connectivity index (χ3v) is 2.32. The molecule has 0 atom stereocenters. The second-order valence-electron chi connectivity index (χ2n) is 4.71.